The molecule has 0 unspecified atom stereocenters. The molecule has 0 aliphatic carbocycles. The average Bonchev–Trinajstić information content (AvgIpc) is 2.85. The van der Waals surface area contributed by atoms with E-state index in [1.807, 2.05) is 6.07 Å². The summed E-state index contributed by atoms with van der Waals surface area (Å²) < 4.78 is 5.13. The molecule has 0 atom stereocenters. The van der Waals surface area contributed by atoms with E-state index in [1.54, 1.807) is 6.07 Å². The van der Waals surface area contributed by atoms with Crippen molar-refractivity contribution in [3.63, 3.8) is 0 Å². The molecule has 8 heteroatoms. The zero-order valence-electron chi connectivity index (χ0n) is 11.4. The molecule has 2 aliphatic heterocycles. The van der Waals surface area contributed by atoms with E-state index in [0.29, 0.717) is 28.0 Å². The van der Waals surface area contributed by atoms with Gasteiger partial charge in [0.05, 0.1) is 17.3 Å². The van der Waals surface area contributed by atoms with Gasteiger partial charge in [0.2, 0.25) is 0 Å². The lowest BCUT2D eigenvalue weighted by Crippen LogP contribution is -2.31. The van der Waals surface area contributed by atoms with Crippen molar-refractivity contribution >= 4 is 46.9 Å². The summed E-state index contributed by atoms with van der Waals surface area (Å²) in [6.45, 7) is 2.25. The van der Waals surface area contributed by atoms with Crippen LogP contribution in [0, 0.1) is 0 Å². The van der Waals surface area contributed by atoms with Crippen LogP contribution in [0.15, 0.2) is 12.1 Å². The second kappa shape index (κ2) is 6.58. The molecule has 2 aliphatic rings. The summed E-state index contributed by atoms with van der Waals surface area (Å²) in [5.41, 5.74) is 1.93. The Morgan fingerprint density at radius 2 is 2.24 bits per heavy atom. The molecule has 5 nitrogen and oxygen atoms in total. The van der Waals surface area contributed by atoms with Crippen LogP contribution in [0.4, 0.5) is 10.5 Å². The third kappa shape index (κ3) is 3.38. The molecule has 1 saturated heterocycles. The molecule has 112 valence electrons. The van der Waals surface area contributed by atoms with Crippen molar-refractivity contribution in [2.24, 2.45) is 0 Å². The molecule has 1 fully saturated rings. The van der Waals surface area contributed by atoms with Gasteiger partial charge in [-0.2, -0.15) is 0 Å². The summed E-state index contributed by atoms with van der Waals surface area (Å²) in [4.78, 5) is 12.1. The smallest absolute Gasteiger partial charge is 0.423 e. The van der Waals surface area contributed by atoms with Crippen molar-refractivity contribution < 1.29 is 14.5 Å². The first-order chi connectivity index (χ1) is 10.1. The summed E-state index contributed by atoms with van der Waals surface area (Å²) in [5, 5.41) is 16.4. The monoisotopic (exact) mass is 326 g/mol. The molecule has 1 amide bonds. The van der Waals surface area contributed by atoms with E-state index in [0.717, 1.165) is 31.5 Å². The molecule has 0 bridgehead atoms. The predicted molar refractivity (Wildman–Crippen MR) is 86.3 cm³/mol. The number of carbonyl (C=O) groups excluding carboxylic acids is 1. The number of hydrogen-bond donors (Lipinski definition) is 3. The summed E-state index contributed by atoms with van der Waals surface area (Å²) in [7, 11) is -1.01. The highest BCUT2D eigenvalue weighted by Crippen LogP contribution is 2.28. The zero-order valence-corrected chi connectivity index (χ0v) is 13.0. The van der Waals surface area contributed by atoms with E-state index in [2.05, 4.69) is 10.6 Å². The quantitative estimate of drug-likeness (QED) is 0.720. The largest absolute Gasteiger partial charge is 0.493 e. The first-order valence-corrected chi connectivity index (χ1v) is 8.20. The van der Waals surface area contributed by atoms with Gasteiger partial charge in [-0.15, -0.1) is 0 Å². The maximum absolute atomic E-state index is 12.1. The van der Waals surface area contributed by atoms with E-state index in [1.165, 1.54) is 11.8 Å². The van der Waals surface area contributed by atoms with Crippen molar-refractivity contribution in [1.29, 1.82) is 0 Å². The topological polar surface area (TPSA) is 70.6 Å². The molecular weight excluding hydrogens is 310 g/mol. The lowest BCUT2D eigenvalue weighted by molar-refractivity contribution is 0.269. The van der Waals surface area contributed by atoms with Gasteiger partial charge >= 0.3 is 7.12 Å². The number of benzene rings is 1. The minimum atomic E-state index is -1.01. The highest BCUT2D eigenvalue weighted by Gasteiger charge is 2.31. The minimum Gasteiger partial charge on any atom is -0.423 e. The van der Waals surface area contributed by atoms with E-state index >= 15 is 0 Å². The zero-order chi connectivity index (χ0) is 14.8. The molecular formula is C13H16BClN2O3S. The Hall–Kier alpha value is -0.725. The first-order valence-electron chi connectivity index (χ1n) is 6.94. The predicted octanol–water partition coefficient (Wildman–Crippen LogP) is 1.57. The molecule has 21 heavy (non-hydrogen) atoms. The fourth-order valence-electron chi connectivity index (χ4n) is 2.58. The molecule has 1 aromatic carbocycles. The van der Waals surface area contributed by atoms with Gasteiger partial charge in [-0.25, -0.2) is 0 Å². The normalized spacial score (nSPS) is 18.7. The minimum absolute atomic E-state index is 0.114. The van der Waals surface area contributed by atoms with E-state index < -0.39 is 7.12 Å². The van der Waals surface area contributed by atoms with Crippen LogP contribution in [0.3, 0.4) is 0 Å². The van der Waals surface area contributed by atoms with Crippen LogP contribution in [0.5, 0.6) is 0 Å². The Labute approximate surface area is 132 Å². The number of thioether (sulfide) groups is 1. The lowest BCUT2D eigenvalue weighted by Gasteiger charge is -2.21. The molecule has 3 rings (SSSR count). The van der Waals surface area contributed by atoms with Gasteiger partial charge in [0.15, 0.2) is 0 Å². The maximum atomic E-state index is 12.1. The van der Waals surface area contributed by atoms with Crippen molar-refractivity contribution in [2.45, 2.75) is 24.7 Å². The van der Waals surface area contributed by atoms with Crippen LogP contribution in [-0.4, -0.2) is 35.7 Å². The number of nitrogens with one attached hydrogen (secondary N) is 2. The highest BCUT2D eigenvalue weighted by molar-refractivity contribution is 8.14. The Morgan fingerprint density at radius 3 is 3.00 bits per heavy atom. The van der Waals surface area contributed by atoms with Crippen molar-refractivity contribution in [1.82, 2.24) is 5.32 Å². The van der Waals surface area contributed by atoms with Gasteiger partial charge in [-0.3, -0.25) is 4.79 Å². The van der Waals surface area contributed by atoms with Crippen molar-refractivity contribution in [3.05, 3.63) is 22.7 Å². The number of piperidine rings is 1. The van der Waals surface area contributed by atoms with Crippen LogP contribution in [0.1, 0.15) is 18.4 Å². The Kier molecular flexibility index (Phi) is 4.76. The number of hydrogen-bond acceptors (Lipinski definition) is 5. The Bertz CT molecular complexity index is 554. The van der Waals surface area contributed by atoms with Gasteiger partial charge in [-0.1, -0.05) is 29.4 Å². The van der Waals surface area contributed by atoms with Crippen LogP contribution >= 0.6 is 23.4 Å². The second-order valence-electron chi connectivity index (χ2n) is 5.14. The summed E-state index contributed by atoms with van der Waals surface area (Å²) in [6.07, 6.45) is 1.98. The Morgan fingerprint density at radius 1 is 1.48 bits per heavy atom. The van der Waals surface area contributed by atoms with Gasteiger partial charge in [-0.05, 0) is 37.6 Å². The average molecular weight is 327 g/mol. The number of amides is 1. The van der Waals surface area contributed by atoms with Crippen LogP contribution in [0.2, 0.25) is 5.02 Å². The van der Waals surface area contributed by atoms with E-state index in [4.69, 9.17) is 16.3 Å². The van der Waals surface area contributed by atoms with Gasteiger partial charge < -0.3 is 20.3 Å². The second-order valence-corrected chi connectivity index (χ2v) is 6.79. The number of rotatable bonds is 2. The van der Waals surface area contributed by atoms with Crippen LogP contribution < -0.4 is 16.1 Å². The first kappa shape index (κ1) is 15.2. The van der Waals surface area contributed by atoms with Gasteiger partial charge in [0, 0.05) is 10.7 Å². The highest BCUT2D eigenvalue weighted by atomic mass is 35.5. The fourth-order valence-corrected chi connectivity index (χ4v) is 3.85. The maximum Gasteiger partial charge on any atom is 0.493 e. The molecule has 0 spiro atoms. The number of fused-ring (bicyclic) bond motifs is 1. The van der Waals surface area contributed by atoms with Gasteiger partial charge in [0.1, 0.15) is 0 Å². The molecule has 2 heterocycles. The third-order valence-electron chi connectivity index (χ3n) is 3.71. The number of anilines is 1. The molecule has 0 saturated carbocycles. The van der Waals surface area contributed by atoms with Crippen molar-refractivity contribution in [3.8, 4) is 0 Å². The SMILES string of the molecule is O=C(Nc1ccc2c(c1Cl)B(O)OC2)SC1CCNCC1. The fraction of sp³-hybridized carbons (Fsp3) is 0.462. The summed E-state index contributed by atoms with van der Waals surface area (Å²) in [6, 6.07) is 3.58. The number of halogens is 1. The van der Waals surface area contributed by atoms with Crippen LogP contribution in [-0.2, 0) is 11.3 Å². The van der Waals surface area contributed by atoms with E-state index in [9.17, 15) is 9.82 Å². The Balaban J connectivity index is 1.67. The van der Waals surface area contributed by atoms with Crippen LogP contribution in [0.25, 0.3) is 0 Å². The lowest BCUT2D eigenvalue weighted by atomic mass is 9.79. The number of carbonyl (C=O) groups is 1. The van der Waals surface area contributed by atoms with Crippen molar-refractivity contribution in [2.75, 3.05) is 18.4 Å². The summed E-state index contributed by atoms with van der Waals surface area (Å²) >= 11 is 7.58. The molecule has 0 radical (unpaired) electrons. The standard InChI is InChI=1S/C13H16BClN2O3S/c15-12-10(2-1-8-7-20-14(19)11(8)12)17-13(18)21-9-3-5-16-6-4-9/h1-2,9,16,19H,3-7H2,(H,17,18). The molecule has 3 N–H and O–H groups in total. The molecule has 1 aromatic rings. The third-order valence-corrected chi connectivity index (χ3v) is 5.24. The van der Waals surface area contributed by atoms with E-state index in [-0.39, 0.29) is 5.24 Å². The summed E-state index contributed by atoms with van der Waals surface area (Å²) in [5.74, 6) is 0. The van der Waals surface area contributed by atoms with Gasteiger partial charge in [0.25, 0.3) is 5.24 Å². The molecule has 0 aromatic heterocycles.